The van der Waals surface area contributed by atoms with Crippen molar-refractivity contribution in [2.24, 2.45) is 0 Å². The molecule has 7 aromatic carbocycles. The Bertz CT molecular complexity index is 1720. The van der Waals surface area contributed by atoms with E-state index in [9.17, 15) is 0 Å². The first-order valence-electron chi connectivity index (χ1n) is 15.6. The van der Waals surface area contributed by atoms with Gasteiger partial charge in [0, 0.05) is 0 Å². The van der Waals surface area contributed by atoms with Gasteiger partial charge >= 0.3 is 278 Å². The summed E-state index contributed by atoms with van der Waals surface area (Å²) < 4.78 is 22.9. The number of hydrogen-bond acceptors (Lipinski definition) is 3. The molecule has 5 heteroatoms. The molecule has 0 aromatic heterocycles. The van der Waals surface area contributed by atoms with Crippen LogP contribution in [0.1, 0.15) is 0 Å². The van der Waals surface area contributed by atoms with Crippen molar-refractivity contribution in [1.82, 2.24) is 0 Å². The minimum absolute atomic E-state index is 0.653. The number of hydrogen-bond donors (Lipinski definition) is 0. The van der Waals surface area contributed by atoms with E-state index in [0.717, 1.165) is 21.2 Å². The summed E-state index contributed by atoms with van der Waals surface area (Å²) in [6.07, 6.45) is -4.30. The van der Waals surface area contributed by atoms with Gasteiger partial charge in [-0.15, -0.1) is 0 Å². The topological polar surface area (TPSA) is 27.7 Å². The molecule has 0 saturated heterocycles. The van der Waals surface area contributed by atoms with Crippen molar-refractivity contribution in [2.75, 3.05) is 0 Å². The van der Waals surface area contributed by atoms with Crippen LogP contribution >= 0.6 is 13.9 Å². The minimum atomic E-state index is -4.30. The zero-order valence-electron chi connectivity index (χ0n) is 25.8. The SMILES string of the molecule is c1ccc(O[P+](Oc2ccccc2)(Oc2ccccc2)P(c2ccccc2)(c2ccccc2)(c2ccccc2)c2ccccc2)cc1. The summed E-state index contributed by atoms with van der Waals surface area (Å²) in [5.74, 6) is 1.96. The molecule has 0 atom stereocenters. The molecule has 0 aliphatic carbocycles. The van der Waals surface area contributed by atoms with Crippen LogP contribution in [-0.2, 0) is 0 Å². The van der Waals surface area contributed by atoms with Crippen LogP contribution in [0.25, 0.3) is 0 Å². The monoisotopic (exact) mass is 649 g/mol. The Labute approximate surface area is 277 Å². The maximum absolute atomic E-state index is 7.62. The van der Waals surface area contributed by atoms with Gasteiger partial charge in [-0.05, 0) is 0 Å². The molecule has 0 fully saturated rings. The first-order valence-corrected chi connectivity index (χ1v) is 20.1. The fraction of sp³-hybridized carbons (Fsp3) is 0. The molecule has 230 valence electrons. The molecule has 0 spiro atoms. The Morgan fingerprint density at radius 3 is 0.660 bits per heavy atom. The molecule has 3 nitrogen and oxygen atoms in total. The second-order valence-corrected chi connectivity index (χ2v) is 20.7. The summed E-state index contributed by atoms with van der Waals surface area (Å²) in [5, 5.41) is 4.27. The van der Waals surface area contributed by atoms with E-state index in [1.54, 1.807) is 0 Å². The van der Waals surface area contributed by atoms with Crippen molar-refractivity contribution in [1.29, 1.82) is 0 Å². The molecule has 7 rings (SSSR count). The normalized spacial score (nSPS) is 12.3. The van der Waals surface area contributed by atoms with E-state index in [4.69, 9.17) is 13.6 Å². The molecule has 0 amide bonds. The van der Waals surface area contributed by atoms with E-state index in [1.807, 2.05) is 91.0 Å². The number of rotatable bonds is 11. The van der Waals surface area contributed by atoms with Gasteiger partial charge in [-0.1, -0.05) is 0 Å². The molecular formula is C42H35O3P2+. The first kappa shape index (κ1) is 30.5. The van der Waals surface area contributed by atoms with Gasteiger partial charge in [0.1, 0.15) is 0 Å². The van der Waals surface area contributed by atoms with Gasteiger partial charge in [0.15, 0.2) is 0 Å². The van der Waals surface area contributed by atoms with Crippen LogP contribution in [0.2, 0.25) is 0 Å². The standard InChI is InChI=1S/C42H35O3P2/c1-8-22-36(23-9-1)43-46(44-37-24-10-2-11-25-37,45-38-26-12-3-13-27-38)47(39-28-14-4-15-29-39,40-30-16-5-17-31-40,41-32-18-6-19-33-41)42-34-20-7-21-35-42/h1-35H/q+1. The van der Waals surface area contributed by atoms with E-state index in [-0.39, 0.29) is 0 Å². The summed E-state index contributed by atoms with van der Waals surface area (Å²) in [5.41, 5.74) is 0. The Hall–Kier alpha value is -5.20. The Kier molecular flexibility index (Phi) is 8.60. The third-order valence-electron chi connectivity index (χ3n) is 8.42. The van der Waals surface area contributed by atoms with Crippen LogP contribution in [0.4, 0.5) is 0 Å². The van der Waals surface area contributed by atoms with Gasteiger partial charge in [0.05, 0.1) is 0 Å². The average Bonchev–Trinajstić information content (AvgIpc) is 3.15. The summed E-state index contributed by atoms with van der Waals surface area (Å²) in [4.78, 5) is 0. The van der Waals surface area contributed by atoms with Crippen molar-refractivity contribution in [3.63, 3.8) is 0 Å². The third-order valence-corrected chi connectivity index (χ3v) is 22.4. The van der Waals surface area contributed by atoms with Crippen LogP contribution < -0.4 is 34.8 Å². The molecule has 0 bridgehead atoms. The van der Waals surface area contributed by atoms with Gasteiger partial charge in [-0.25, -0.2) is 0 Å². The van der Waals surface area contributed by atoms with Crippen LogP contribution in [0.3, 0.4) is 0 Å². The summed E-state index contributed by atoms with van der Waals surface area (Å²) in [7, 11) is -3.79. The predicted molar refractivity (Wildman–Crippen MR) is 199 cm³/mol. The van der Waals surface area contributed by atoms with Crippen molar-refractivity contribution in [3.8, 4) is 17.2 Å². The summed E-state index contributed by atoms with van der Waals surface area (Å²) >= 11 is 0. The molecule has 0 saturated carbocycles. The number of para-hydroxylation sites is 3. The molecule has 0 unspecified atom stereocenters. The predicted octanol–water partition coefficient (Wildman–Crippen LogP) is 9.76. The van der Waals surface area contributed by atoms with E-state index < -0.39 is 13.9 Å². The van der Waals surface area contributed by atoms with Gasteiger partial charge in [-0.3, -0.25) is 0 Å². The molecule has 0 radical (unpaired) electrons. The Morgan fingerprint density at radius 1 is 0.255 bits per heavy atom. The molecule has 0 aliphatic heterocycles. The second kappa shape index (κ2) is 13.3. The second-order valence-electron chi connectivity index (χ2n) is 11.1. The van der Waals surface area contributed by atoms with Gasteiger partial charge in [0.25, 0.3) is 0 Å². The quantitative estimate of drug-likeness (QED) is 0.131. The molecule has 0 heterocycles. The molecule has 7 aromatic rings. The fourth-order valence-electron chi connectivity index (χ4n) is 6.48. The van der Waals surface area contributed by atoms with Crippen LogP contribution in [0, 0.1) is 0 Å². The summed E-state index contributed by atoms with van der Waals surface area (Å²) in [6, 6.07) is 72.6. The van der Waals surface area contributed by atoms with Gasteiger partial charge in [0.2, 0.25) is 0 Å². The van der Waals surface area contributed by atoms with Crippen molar-refractivity contribution >= 4 is 35.1 Å². The van der Waals surface area contributed by atoms with Gasteiger partial charge < -0.3 is 0 Å². The third kappa shape index (κ3) is 5.09. The van der Waals surface area contributed by atoms with Crippen LogP contribution in [-0.4, -0.2) is 0 Å². The molecule has 47 heavy (non-hydrogen) atoms. The zero-order valence-corrected chi connectivity index (χ0v) is 27.6. The van der Waals surface area contributed by atoms with E-state index in [2.05, 4.69) is 121 Å². The van der Waals surface area contributed by atoms with Crippen molar-refractivity contribution in [3.05, 3.63) is 212 Å². The zero-order chi connectivity index (χ0) is 31.9. The van der Waals surface area contributed by atoms with Gasteiger partial charge in [-0.2, -0.15) is 0 Å². The molecule has 0 aliphatic rings. The Morgan fingerprint density at radius 2 is 0.447 bits per heavy atom. The van der Waals surface area contributed by atoms with Crippen LogP contribution in [0.5, 0.6) is 17.2 Å². The summed E-state index contributed by atoms with van der Waals surface area (Å²) in [6.45, 7) is 0. The maximum atomic E-state index is 7.62. The Balaban J connectivity index is 1.78. The molecular weight excluding hydrogens is 614 g/mol. The fourth-order valence-corrected chi connectivity index (χ4v) is 21.5. The van der Waals surface area contributed by atoms with Crippen LogP contribution in [0.15, 0.2) is 212 Å². The molecule has 0 N–H and O–H groups in total. The van der Waals surface area contributed by atoms with E-state index >= 15 is 0 Å². The van der Waals surface area contributed by atoms with E-state index in [0.29, 0.717) is 17.2 Å². The number of benzene rings is 7. The van der Waals surface area contributed by atoms with Crippen molar-refractivity contribution < 1.29 is 13.6 Å². The van der Waals surface area contributed by atoms with Crippen molar-refractivity contribution in [2.45, 2.75) is 0 Å². The average molecular weight is 650 g/mol. The first-order chi connectivity index (χ1) is 23.3. The van der Waals surface area contributed by atoms with E-state index in [1.165, 1.54) is 0 Å².